The van der Waals surface area contributed by atoms with Gasteiger partial charge in [0.05, 0.1) is 18.3 Å². The van der Waals surface area contributed by atoms with Crippen molar-refractivity contribution in [1.29, 1.82) is 0 Å². The molecule has 0 unspecified atom stereocenters. The van der Waals surface area contributed by atoms with E-state index in [1.54, 1.807) is 0 Å². The molecule has 1 aliphatic rings. The number of nitrogens with two attached hydrogens (primary N) is 1. The maximum absolute atomic E-state index is 12.4. The highest BCUT2D eigenvalue weighted by Crippen LogP contribution is 2.24. The van der Waals surface area contributed by atoms with Crippen LogP contribution in [0.1, 0.15) is 20.4 Å². The Morgan fingerprint density at radius 1 is 1.44 bits per heavy atom. The summed E-state index contributed by atoms with van der Waals surface area (Å²) in [7, 11) is 3.51. The Kier molecular flexibility index (Phi) is 8.23. The zero-order chi connectivity index (χ0) is 17.7. The number of primary amides is 1. The predicted octanol–water partition coefficient (Wildman–Crippen LogP) is -1.10. The third kappa shape index (κ3) is 5.92. The van der Waals surface area contributed by atoms with Crippen LogP contribution in [0.25, 0.3) is 0 Å². The third-order valence-electron chi connectivity index (χ3n) is 3.55. The number of fused-ring (bicyclic) bond motifs is 1. The summed E-state index contributed by atoms with van der Waals surface area (Å²) >= 11 is 1.37. The van der Waals surface area contributed by atoms with Crippen molar-refractivity contribution in [2.75, 3.05) is 33.9 Å². The molecule has 1 aromatic heterocycles. The molecule has 0 aromatic carbocycles. The zero-order valence-corrected chi connectivity index (χ0v) is 15.7. The van der Waals surface area contributed by atoms with Gasteiger partial charge in [-0.2, -0.15) is 0 Å². The van der Waals surface area contributed by atoms with E-state index in [9.17, 15) is 14.4 Å². The molecule has 0 aliphatic carbocycles. The molecule has 0 saturated carbocycles. The van der Waals surface area contributed by atoms with Crippen LogP contribution in [-0.2, 0) is 27.3 Å². The average Bonchev–Trinajstić information content (AvgIpc) is 2.95. The second kappa shape index (κ2) is 9.66. The molecule has 0 saturated heterocycles. The molecule has 0 radical (unpaired) electrons. The summed E-state index contributed by atoms with van der Waals surface area (Å²) in [5.74, 6) is -2.31. The van der Waals surface area contributed by atoms with Crippen LogP contribution < -0.4 is 16.4 Å². The number of amides is 3. The number of rotatable bonds is 6. The number of thiazole rings is 1. The molecule has 9 nitrogen and oxygen atoms in total. The number of methoxy groups -OCH3 is 1. The molecular weight excluding hydrogens is 370 g/mol. The highest BCUT2D eigenvalue weighted by atomic mass is 35.5. The zero-order valence-electron chi connectivity index (χ0n) is 14.0. The minimum Gasteiger partial charge on any atom is -0.382 e. The van der Waals surface area contributed by atoms with Crippen LogP contribution in [0.2, 0.25) is 0 Å². The normalized spacial score (nSPS) is 14.8. The van der Waals surface area contributed by atoms with Crippen molar-refractivity contribution in [2.45, 2.75) is 19.0 Å². The largest absolute Gasteiger partial charge is 0.382 e. The molecule has 1 aromatic rings. The summed E-state index contributed by atoms with van der Waals surface area (Å²) < 4.78 is 5.02. The van der Waals surface area contributed by atoms with Crippen LogP contribution in [0.4, 0.5) is 0 Å². The van der Waals surface area contributed by atoms with E-state index in [2.05, 4.69) is 20.5 Å². The fourth-order valence-electron chi connectivity index (χ4n) is 2.32. The molecule has 2 heterocycles. The lowest BCUT2D eigenvalue weighted by Crippen LogP contribution is -2.48. The fourth-order valence-corrected chi connectivity index (χ4v) is 3.41. The number of carbonyl (C=O) groups excluding carboxylic acids is 3. The van der Waals surface area contributed by atoms with Crippen molar-refractivity contribution in [1.82, 2.24) is 20.5 Å². The topological polar surface area (TPSA) is 127 Å². The summed E-state index contributed by atoms with van der Waals surface area (Å²) in [5, 5.41) is 5.49. The number of carbonyl (C=O) groups is 3. The van der Waals surface area contributed by atoms with Gasteiger partial charge in [0.1, 0.15) is 0 Å². The van der Waals surface area contributed by atoms with E-state index in [0.29, 0.717) is 5.01 Å². The third-order valence-corrected chi connectivity index (χ3v) is 4.63. The Bertz CT molecular complexity index is 639. The number of hydrogen-bond acceptors (Lipinski definition) is 7. The fraction of sp³-hybridized carbons (Fsp3) is 0.571. The first-order valence-corrected chi connectivity index (χ1v) is 8.27. The van der Waals surface area contributed by atoms with E-state index in [0.717, 1.165) is 30.1 Å². The first-order valence-electron chi connectivity index (χ1n) is 7.45. The van der Waals surface area contributed by atoms with Gasteiger partial charge >= 0.3 is 11.8 Å². The summed E-state index contributed by atoms with van der Waals surface area (Å²) in [6.45, 7) is 1.92. The highest BCUT2D eigenvalue weighted by molar-refractivity contribution is 7.13. The molecule has 2 rings (SSSR count). The lowest BCUT2D eigenvalue weighted by atomic mass is 10.2. The number of likely N-dealkylation sites (N-methyl/N-ethyl adjacent to an activating group) is 1. The van der Waals surface area contributed by atoms with Gasteiger partial charge in [-0.3, -0.25) is 14.4 Å². The van der Waals surface area contributed by atoms with Crippen LogP contribution in [0, 0.1) is 0 Å². The monoisotopic (exact) mass is 391 g/mol. The molecule has 0 fully saturated rings. The maximum atomic E-state index is 12.4. The van der Waals surface area contributed by atoms with Crippen LogP contribution in [-0.4, -0.2) is 67.5 Å². The van der Waals surface area contributed by atoms with E-state index in [4.69, 9.17) is 10.5 Å². The molecule has 1 aliphatic heterocycles. The molecule has 1 atom stereocenters. The SMILES string of the molecule is COC[C@H](CNC(=O)C(N)=O)NC(=O)c1nc2c(s1)CN(C)CC2.Cl. The van der Waals surface area contributed by atoms with Gasteiger partial charge < -0.3 is 26.0 Å². The number of nitrogens with one attached hydrogen (secondary N) is 2. The van der Waals surface area contributed by atoms with Gasteiger partial charge in [-0.1, -0.05) is 0 Å². The van der Waals surface area contributed by atoms with E-state index >= 15 is 0 Å². The summed E-state index contributed by atoms with van der Waals surface area (Å²) in [5.41, 5.74) is 5.84. The number of ether oxygens (including phenoxy) is 1. The molecule has 140 valence electrons. The minimum absolute atomic E-state index is 0. The second-order valence-electron chi connectivity index (χ2n) is 5.58. The lowest BCUT2D eigenvalue weighted by Gasteiger charge is -2.20. The number of aromatic nitrogens is 1. The Labute approximate surface area is 155 Å². The predicted molar refractivity (Wildman–Crippen MR) is 94.7 cm³/mol. The second-order valence-corrected chi connectivity index (χ2v) is 6.66. The van der Waals surface area contributed by atoms with Gasteiger partial charge in [-0.25, -0.2) is 4.98 Å². The molecule has 0 bridgehead atoms. The van der Waals surface area contributed by atoms with Gasteiger partial charge in [0.15, 0.2) is 5.01 Å². The number of halogens is 1. The van der Waals surface area contributed by atoms with Crippen molar-refractivity contribution >= 4 is 41.5 Å². The standard InChI is InChI=1S/C14H21N5O4S.ClH/c1-19-4-3-9-10(6-19)24-14(18-9)13(22)17-8(7-23-2)5-16-12(21)11(15)20;/h8H,3-7H2,1-2H3,(H2,15,20)(H,16,21)(H,17,22);1H/t8-;/m0./s1. The highest BCUT2D eigenvalue weighted by Gasteiger charge is 2.23. The molecule has 3 amide bonds. The van der Waals surface area contributed by atoms with Gasteiger partial charge in [-0.05, 0) is 7.05 Å². The van der Waals surface area contributed by atoms with E-state index in [1.807, 2.05) is 7.05 Å². The van der Waals surface area contributed by atoms with E-state index < -0.39 is 17.9 Å². The summed E-state index contributed by atoms with van der Waals surface area (Å²) in [6, 6.07) is -0.491. The van der Waals surface area contributed by atoms with Crippen molar-refractivity contribution in [3.05, 3.63) is 15.6 Å². The van der Waals surface area contributed by atoms with Crippen LogP contribution in [0.5, 0.6) is 0 Å². The Balaban J connectivity index is 0.00000312. The first-order chi connectivity index (χ1) is 11.4. The van der Waals surface area contributed by atoms with E-state index in [-0.39, 0.29) is 31.5 Å². The van der Waals surface area contributed by atoms with Crippen molar-refractivity contribution in [2.24, 2.45) is 5.73 Å². The molecule has 11 heteroatoms. The van der Waals surface area contributed by atoms with Gasteiger partial charge in [0.2, 0.25) is 0 Å². The van der Waals surface area contributed by atoms with Crippen molar-refractivity contribution in [3.8, 4) is 0 Å². The molecular formula is C14H22ClN5O4S. The minimum atomic E-state index is -1.07. The molecule has 4 N–H and O–H groups in total. The Morgan fingerprint density at radius 3 is 2.80 bits per heavy atom. The average molecular weight is 392 g/mol. The first kappa shape index (κ1) is 21.3. The van der Waals surface area contributed by atoms with E-state index in [1.165, 1.54) is 18.4 Å². The van der Waals surface area contributed by atoms with Gasteiger partial charge in [0.25, 0.3) is 5.91 Å². The molecule has 0 spiro atoms. The summed E-state index contributed by atoms with van der Waals surface area (Å²) in [4.78, 5) is 42.0. The van der Waals surface area contributed by atoms with Crippen LogP contribution in [0.3, 0.4) is 0 Å². The van der Waals surface area contributed by atoms with Crippen molar-refractivity contribution in [3.63, 3.8) is 0 Å². The Hall–Kier alpha value is -1.75. The number of hydrogen-bond donors (Lipinski definition) is 3. The summed E-state index contributed by atoms with van der Waals surface area (Å²) in [6.07, 6.45) is 0.825. The maximum Gasteiger partial charge on any atom is 0.309 e. The number of nitrogens with zero attached hydrogens (tertiary/aromatic N) is 2. The van der Waals surface area contributed by atoms with Gasteiger partial charge in [-0.15, -0.1) is 23.7 Å². The van der Waals surface area contributed by atoms with Crippen LogP contribution in [0.15, 0.2) is 0 Å². The van der Waals surface area contributed by atoms with Gasteiger partial charge in [0, 0.05) is 38.0 Å². The van der Waals surface area contributed by atoms with Crippen molar-refractivity contribution < 1.29 is 19.1 Å². The smallest absolute Gasteiger partial charge is 0.309 e. The lowest BCUT2D eigenvalue weighted by molar-refractivity contribution is -0.137. The molecule has 25 heavy (non-hydrogen) atoms. The quantitative estimate of drug-likeness (QED) is 0.528. The Morgan fingerprint density at radius 2 is 2.16 bits per heavy atom. The van der Waals surface area contributed by atoms with Crippen LogP contribution >= 0.6 is 23.7 Å².